The Balaban J connectivity index is 1.89. The summed E-state index contributed by atoms with van der Waals surface area (Å²) in [5, 5.41) is 5.13. The van der Waals surface area contributed by atoms with E-state index in [4.69, 9.17) is 33.5 Å². The molecule has 0 amide bonds. The highest BCUT2D eigenvalue weighted by molar-refractivity contribution is 6.36. The van der Waals surface area contributed by atoms with Crippen LogP contribution in [0.5, 0.6) is 0 Å². The van der Waals surface area contributed by atoms with Gasteiger partial charge in [0.15, 0.2) is 5.82 Å². The zero-order valence-electron chi connectivity index (χ0n) is 11.8. The van der Waals surface area contributed by atoms with Gasteiger partial charge in [-0.25, -0.2) is 0 Å². The minimum absolute atomic E-state index is 0.384. The molecule has 1 heterocycles. The van der Waals surface area contributed by atoms with E-state index in [1.54, 1.807) is 18.2 Å². The van der Waals surface area contributed by atoms with Crippen LogP contribution in [0.3, 0.4) is 0 Å². The Morgan fingerprint density at radius 1 is 1.29 bits per heavy atom. The van der Waals surface area contributed by atoms with Crippen molar-refractivity contribution in [3.63, 3.8) is 0 Å². The minimum Gasteiger partial charge on any atom is -0.334 e. The Morgan fingerprint density at radius 3 is 2.67 bits per heavy atom. The third-order valence-corrected chi connectivity index (χ3v) is 4.75. The Labute approximate surface area is 133 Å². The summed E-state index contributed by atoms with van der Waals surface area (Å²) in [6, 6.07) is 5.17. The van der Waals surface area contributed by atoms with Crippen molar-refractivity contribution in [1.82, 2.24) is 10.1 Å². The number of nitrogens with zero attached hydrogens (tertiary/aromatic N) is 2. The first-order chi connectivity index (χ1) is 9.98. The number of hydrogen-bond donors (Lipinski definition) is 1. The van der Waals surface area contributed by atoms with Gasteiger partial charge >= 0.3 is 0 Å². The van der Waals surface area contributed by atoms with E-state index < -0.39 is 5.54 Å². The van der Waals surface area contributed by atoms with E-state index in [1.807, 2.05) is 0 Å². The number of hydrogen-bond acceptors (Lipinski definition) is 4. The van der Waals surface area contributed by atoms with Crippen LogP contribution in [0.4, 0.5) is 0 Å². The summed E-state index contributed by atoms with van der Waals surface area (Å²) >= 11 is 12.1. The highest BCUT2D eigenvalue weighted by Gasteiger charge is 2.36. The van der Waals surface area contributed by atoms with E-state index in [9.17, 15) is 0 Å². The monoisotopic (exact) mass is 325 g/mol. The molecule has 1 aliphatic carbocycles. The fourth-order valence-corrected chi connectivity index (χ4v) is 3.19. The number of benzene rings is 1. The van der Waals surface area contributed by atoms with Gasteiger partial charge in [-0.1, -0.05) is 35.3 Å². The molecule has 0 unspecified atom stereocenters. The van der Waals surface area contributed by atoms with E-state index in [-0.39, 0.29) is 0 Å². The van der Waals surface area contributed by atoms with E-state index in [1.165, 1.54) is 0 Å². The molecule has 2 aromatic rings. The maximum absolute atomic E-state index is 6.46. The van der Waals surface area contributed by atoms with Crippen LogP contribution in [0.15, 0.2) is 22.7 Å². The lowest BCUT2D eigenvalue weighted by Crippen LogP contribution is -2.41. The minimum atomic E-state index is -0.493. The van der Waals surface area contributed by atoms with Crippen molar-refractivity contribution >= 4 is 23.2 Å². The Hall–Kier alpha value is -1.10. The van der Waals surface area contributed by atoms with E-state index in [2.05, 4.69) is 17.1 Å². The molecule has 0 spiro atoms. The van der Waals surface area contributed by atoms with Gasteiger partial charge in [0.25, 0.3) is 5.89 Å². The molecule has 112 valence electrons. The first kappa shape index (κ1) is 14.8. The lowest BCUT2D eigenvalue weighted by Gasteiger charge is -2.33. The predicted molar refractivity (Wildman–Crippen MR) is 83.3 cm³/mol. The average molecular weight is 326 g/mol. The smallest absolute Gasteiger partial charge is 0.259 e. The van der Waals surface area contributed by atoms with Crippen molar-refractivity contribution in [2.45, 2.75) is 38.1 Å². The van der Waals surface area contributed by atoms with Crippen molar-refractivity contribution in [3.8, 4) is 11.5 Å². The van der Waals surface area contributed by atoms with Crippen molar-refractivity contribution in [3.05, 3.63) is 34.1 Å². The summed E-state index contributed by atoms with van der Waals surface area (Å²) in [5.74, 6) is 1.66. The van der Waals surface area contributed by atoms with Gasteiger partial charge in [-0.15, -0.1) is 0 Å². The fourth-order valence-electron chi connectivity index (χ4n) is 2.70. The first-order valence-electron chi connectivity index (χ1n) is 7.06. The van der Waals surface area contributed by atoms with Crippen LogP contribution >= 0.6 is 23.2 Å². The largest absolute Gasteiger partial charge is 0.334 e. The van der Waals surface area contributed by atoms with Gasteiger partial charge in [0.1, 0.15) is 0 Å². The number of aromatic nitrogens is 2. The second kappa shape index (κ2) is 5.59. The third kappa shape index (κ3) is 2.93. The lowest BCUT2D eigenvalue weighted by atomic mass is 9.77. The van der Waals surface area contributed by atoms with Crippen LogP contribution in [0, 0.1) is 5.92 Å². The summed E-state index contributed by atoms with van der Waals surface area (Å²) in [6.07, 6.45) is 3.92. The van der Waals surface area contributed by atoms with Gasteiger partial charge in [0, 0.05) is 5.02 Å². The first-order valence-corrected chi connectivity index (χ1v) is 7.82. The van der Waals surface area contributed by atoms with E-state index in [0.717, 1.165) is 25.7 Å². The van der Waals surface area contributed by atoms with Gasteiger partial charge in [0.05, 0.1) is 16.1 Å². The van der Waals surface area contributed by atoms with E-state index in [0.29, 0.717) is 33.2 Å². The van der Waals surface area contributed by atoms with Crippen LogP contribution in [0.25, 0.3) is 11.5 Å². The van der Waals surface area contributed by atoms with E-state index >= 15 is 0 Å². The topological polar surface area (TPSA) is 64.9 Å². The van der Waals surface area contributed by atoms with Gasteiger partial charge in [-0.2, -0.15) is 4.98 Å². The molecule has 2 N–H and O–H groups in total. The third-order valence-electron chi connectivity index (χ3n) is 4.20. The molecular weight excluding hydrogens is 309 g/mol. The second-order valence-electron chi connectivity index (χ2n) is 5.89. The molecule has 0 saturated heterocycles. The van der Waals surface area contributed by atoms with Crippen LogP contribution < -0.4 is 5.73 Å². The molecule has 21 heavy (non-hydrogen) atoms. The maximum atomic E-state index is 6.46. The maximum Gasteiger partial charge on any atom is 0.259 e. The van der Waals surface area contributed by atoms with Crippen molar-refractivity contribution < 1.29 is 4.52 Å². The summed E-state index contributed by atoms with van der Waals surface area (Å²) < 4.78 is 5.35. The zero-order valence-corrected chi connectivity index (χ0v) is 13.3. The summed E-state index contributed by atoms with van der Waals surface area (Å²) in [5.41, 5.74) is 6.64. The predicted octanol–water partition coefficient (Wildman–Crippen LogP) is 4.41. The molecule has 1 aromatic carbocycles. The van der Waals surface area contributed by atoms with Crippen molar-refractivity contribution in [2.24, 2.45) is 11.7 Å². The molecule has 0 radical (unpaired) electrons. The number of rotatable bonds is 2. The molecule has 3 rings (SSSR count). The molecule has 1 saturated carbocycles. The molecule has 4 nitrogen and oxygen atoms in total. The Morgan fingerprint density at radius 2 is 2.00 bits per heavy atom. The quantitative estimate of drug-likeness (QED) is 0.888. The van der Waals surface area contributed by atoms with Gasteiger partial charge in [-0.05, 0) is 49.8 Å². The number of halogens is 2. The summed E-state index contributed by atoms with van der Waals surface area (Å²) in [7, 11) is 0. The van der Waals surface area contributed by atoms with Gasteiger partial charge < -0.3 is 10.3 Å². The van der Waals surface area contributed by atoms with Crippen LogP contribution in [-0.4, -0.2) is 10.1 Å². The second-order valence-corrected chi connectivity index (χ2v) is 6.73. The normalized spacial score (nSPS) is 26.0. The average Bonchev–Trinajstić information content (AvgIpc) is 2.92. The summed E-state index contributed by atoms with van der Waals surface area (Å²) in [4.78, 5) is 4.46. The Kier molecular flexibility index (Phi) is 3.95. The molecule has 0 aliphatic heterocycles. The standard InChI is InChI=1S/C15H17Cl2N3O/c1-9-4-6-15(18,7-5-9)14-19-13(21-20-14)11-3-2-10(16)8-12(11)17/h2-3,8-9H,4-7,18H2,1H3. The SMILES string of the molecule is CC1CCC(N)(c2noc(-c3ccc(Cl)cc3Cl)n2)CC1. The van der Waals surface area contributed by atoms with Gasteiger partial charge in [-0.3, -0.25) is 0 Å². The van der Waals surface area contributed by atoms with Crippen LogP contribution in [-0.2, 0) is 5.54 Å². The van der Waals surface area contributed by atoms with Gasteiger partial charge in [0.2, 0.25) is 0 Å². The summed E-state index contributed by atoms with van der Waals surface area (Å²) in [6.45, 7) is 2.24. The van der Waals surface area contributed by atoms with Crippen molar-refractivity contribution in [1.29, 1.82) is 0 Å². The lowest BCUT2D eigenvalue weighted by molar-refractivity contribution is 0.230. The Bertz CT molecular complexity index is 648. The van der Waals surface area contributed by atoms with Crippen molar-refractivity contribution in [2.75, 3.05) is 0 Å². The molecule has 6 heteroatoms. The zero-order chi connectivity index (χ0) is 15.0. The fraction of sp³-hybridized carbons (Fsp3) is 0.467. The molecule has 1 aliphatic rings. The molecule has 1 aromatic heterocycles. The number of nitrogens with two attached hydrogens (primary N) is 1. The molecular formula is C15H17Cl2N3O. The van der Waals surface area contributed by atoms with Crippen LogP contribution in [0.1, 0.15) is 38.4 Å². The highest BCUT2D eigenvalue weighted by atomic mass is 35.5. The molecule has 0 bridgehead atoms. The molecule has 1 fully saturated rings. The molecule has 0 atom stereocenters. The highest BCUT2D eigenvalue weighted by Crippen LogP contribution is 2.37. The van der Waals surface area contributed by atoms with Crippen LogP contribution in [0.2, 0.25) is 10.0 Å².